The van der Waals surface area contributed by atoms with Crippen molar-refractivity contribution in [3.05, 3.63) is 24.3 Å². The number of anilines is 2. The van der Waals surface area contributed by atoms with Crippen LogP contribution < -0.4 is 10.2 Å². The lowest BCUT2D eigenvalue weighted by molar-refractivity contribution is -0.116. The summed E-state index contributed by atoms with van der Waals surface area (Å²) in [5.41, 5.74) is 1.78. The molecule has 0 radical (unpaired) electrons. The van der Waals surface area contributed by atoms with Gasteiger partial charge in [-0.2, -0.15) is 0 Å². The number of amides is 2. The van der Waals surface area contributed by atoms with Crippen LogP contribution >= 0.6 is 0 Å². The summed E-state index contributed by atoms with van der Waals surface area (Å²) in [6.07, 6.45) is -0.601. The van der Waals surface area contributed by atoms with Crippen molar-refractivity contribution in [1.82, 2.24) is 4.90 Å². The van der Waals surface area contributed by atoms with Gasteiger partial charge in [0.25, 0.3) is 0 Å². The monoisotopic (exact) mass is 261 g/mol. The van der Waals surface area contributed by atoms with Gasteiger partial charge in [0, 0.05) is 26.1 Å². The number of nitrogens with zero attached hydrogens (tertiary/aromatic N) is 2. The minimum absolute atomic E-state index is 0.0628. The average Bonchev–Trinajstić information content (AvgIpc) is 2.53. The maximum atomic E-state index is 11.9. The number of rotatable bonds is 0. The predicted octanol–water partition coefficient (Wildman–Crippen LogP) is 1.20. The molecule has 0 aliphatic carbocycles. The zero-order valence-electron chi connectivity index (χ0n) is 10.4. The number of para-hydroxylation sites is 2. The number of hydrogen-bond acceptors (Lipinski definition) is 3. The maximum Gasteiger partial charge on any atom is 0.407 e. The van der Waals surface area contributed by atoms with E-state index in [1.807, 2.05) is 24.3 Å². The maximum absolute atomic E-state index is 11.9. The molecular weight excluding hydrogens is 246 g/mol. The molecule has 0 saturated carbocycles. The third-order valence-electron chi connectivity index (χ3n) is 3.66. The molecule has 1 aromatic rings. The SMILES string of the molecule is O=C1C[C@H]2CN(C(=O)O)CCN2c2ccccc2N1. The largest absolute Gasteiger partial charge is 0.465 e. The Morgan fingerprint density at radius 3 is 2.89 bits per heavy atom. The summed E-state index contributed by atoms with van der Waals surface area (Å²) in [6.45, 7) is 1.45. The minimum Gasteiger partial charge on any atom is -0.465 e. The van der Waals surface area contributed by atoms with E-state index < -0.39 is 6.09 Å². The zero-order valence-corrected chi connectivity index (χ0v) is 10.4. The van der Waals surface area contributed by atoms with Crippen LogP contribution in [0.5, 0.6) is 0 Å². The van der Waals surface area contributed by atoms with Crippen LogP contribution in [0.3, 0.4) is 0 Å². The summed E-state index contributed by atoms with van der Waals surface area (Å²) in [5, 5.41) is 11.9. The van der Waals surface area contributed by atoms with E-state index in [1.54, 1.807) is 0 Å². The number of fused-ring (bicyclic) bond motifs is 3. The van der Waals surface area contributed by atoms with Crippen LogP contribution in [0.15, 0.2) is 24.3 Å². The van der Waals surface area contributed by atoms with E-state index in [2.05, 4.69) is 10.2 Å². The van der Waals surface area contributed by atoms with E-state index in [-0.39, 0.29) is 11.9 Å². The molecule has 1 aromatic carbocycles. The van der Waals surface area contributed by atoms with Crippen LogP contribution in [0.2, 0.25) is 0 Å². The standard InChI is InChI=1S/C13H15N3O3/c17-12-7-9-8-15(13(18)19)5-6-16(9)11-4-2-1-3-10(11)14-12/h1-4,9H,5-8H2,(H,14,17)(H,18,19)/t9-/m0/s1. The van der Waals surface area contributed by atoms with Crippen molar-refractivity contribution >= 4 is 23.4 Å². The Hall–Kier alpha value is -2.24. The second kappa shape index (κ2) is 4.46. The van der Waals surface area contributed by atoms with E-state index in [9.17, 15) is 9.59 Å². The Morgan fingerprint density at radius 2 is 2.11 bits per heavy atom. The van der Waals surface area contributed by atoms with Gasteiger partial charge in [0.1, 0.15) is 0 Å². The number of carbonyl (C=O) groups excluding carboxylic acids is 1. The van der Waals surface area contributed by atoms with Gasteiger partial charge in [-0.05, 0) is 12.1 Å². The first-order valence-electron chi connectivity index (χ1n) is 6.28. The fourth-order valence-electron chi connectivity index (χ4n) is 2.77. The number of piperazine rings is 1. The molecule has 2 N–H and O–H groups in total. The number of benzene rings is 1. The van der Waals surface area contributed by atoms with Crippen molar-refractivity contribution in [2.75, 3.05) is 29.9 Å². The fourth-order valence-corrected chi connectivity index (χ4v) is 2.77. The highest BCUT2D eigenvalue weighted by Crippen LogP contribution is 2.32. The van der Waals surface area contributed by atoms with Crippen molar-refractivity contribution in [3.63, 3.8) is 0 Å². The molecule has 0 unspecified atom stereocenters. The molecule has 2 aliphatic heterocycles. The second-order valence-electron chi connectivity index (χ2n) is 4.85. The van der Waals surface area contributed by atoms with Gasteiger partial charge >= 0.3 is 6.09 Å². The van der Waals surface area contributed by atoms with Crippen molar-refractivity contribution in [2.24, 2.45) is 0 Å². The number of hydrogen-bond donors (Lipinski definition) is 2. The van der Waals surface area contributed by atoms with Crippen LogP contribution in [0, 0.1) is 0 Å². The van der Waals surface area contributed by atoms with Crippen molar-refractivity contribution in [2.45, 2.75) is 12.5 Å². The third kappa shape index (κ3) is 2.09. The molecule has 100 valence electrons. The third-order valence-corrected chi connectivity index (χ3v) is 3.66. The van der Waals surface area contributed by atoms with Crippen molar-refractivity contribution in [1.29, 1.82) is 0 Å². The Bertz CT molecular complexity index is 532. The highest BCUT2D eigenvalue weighted by atomic mass is 16.4. The van der Waals surface area contributed by atoms with Gasteiger partial charge in [-0.1, -0.05) is 12.1 Å². The first-order valence-corrected chi connectivity index (χ1v) is 6.28. The second-order valence-corrected chi connectivity index (χ2v) is 4.85. The van der Waals surface area contributed by atoms with Crippen LogP contribution in [-0.4, -0.2) is 47.7 Å². The molecule has 6 nitrogen and oxygen atoms in total. The molecule has 2 aliphatic rings. The summed E-state index contributed by atoms with van der Waals surface area (Å²) in [6, 6.07) is 7.56. The van der Waals surface area contributed by atoms with Gasteiger partial charge in [-0.25, -0.2) is 4.79 Å². The van der Waals surface area contributed by atoms with Crippen molar-refractivity contribution < 1.29 is 14.7 Å². The summed E-state index contributed by atoms with van der Waals surface area (Å²) in [5.74, 6) is -0.0628. The molecule has 19 heavy (non-hydrogen) atoms. The minimum atomic E-state index is -0.919. The molecule has 1 saturated heterocycles. The first kappa shape index (κ1) is 11.8. The number of carbonyl (C=O) groups is 2. The highest BCUT2D eigenvalue weighted by molar-refractivity contribution is 5.96. The molecule has 3 rings (SSSR count). The Kier molecular flexibility index (Phi) is 2.77. The molecule has 2 heterocycles. The quantitative estimate of drug-likeness (QED) is 0.736. The topological polar surface area (TPSA) is 72.9 Å². The summed E-state index contributed by atoms with van der Waals surface area (Å²) < 4.78 is 0. The van der Waals surface area contributed by atoms with E-state index >= 15 is 0 Å². The molecule has 6 heteroatoms. The van der Waals surface area contributed by atoms with Crippen LogP contribution in [0.4, 0.5) is 16.2 Å². The molecule has 1 atom stereocenters. The summed E-state index contributed by atoms with van der Waals surface area (Å²) in [7, 11) is 0. The lowest BCUT2D eigenvalue weighted by Gasteiger charge is -2.40. The van der Waals surface area contributed by atoms with Gasteiger partial charge in [0.05, 0.1) is 17.4 Å². The molecule has 1 fully saturated rings. The van der Waals surface area contributed by atoms with Crippen LogP contribution in [-0.2, 0) is 4.79 Å². The average molecular weight is 261 g/mol. The summed E-state index contributed by atoms with van der Waals surface area (Å²) >= 11 is 0. The Morgan fingerprint density at radius 1 is 1.32 bits per heavy atom. The molecule has 2 amide bonds. The predicted molar refractivity (Wildman–Crippen MR) is 70.4 cm³/mol. The van der Waals surface area contributed by atoms with Crippen LogP contribution in [0.25, 0.3) is 0 Å². The molecule has 0 aromatic heterocycles. The van der Waals surface area contributed by atoms with Gasteiger partial charge in [0.15, 0.2) is 0 Å². The van der Waals surface area contributed by atoms with E-state index in [0.717, 1.165) is 11.4 Å². The lowest BCUT2D eigenvalue weighted by atomic mass is 10.1. The molecule has 0 bridgehead atoms. The van der Waals surface area contributed by atoms with Gasteiger partial charge in [-0.3, -0.25) is 4.79 Å². The Balaban J connectivity index is 1.94. The number of carboxylic acid groups (broad SMARTS) is 1. The number of nitrogens with one attached hydrogen (secondary N) is 1. The van der Waals surface area contributed by atoms with E-state index in [0.29, 0.717) is 26.1 Å². The van der Waals surface area contributed by atoms with E-state index in [1.165, 1.54) is 4.90 Å². The summed E-state index contributed by atoms with van der Waals surface area (Å²) in [4.78, 5) is 26.4. The van der Waals surface area contributed by atoms with E-state index in [4.69, 9.17) is 5.11 Å². The lowest BCUT2D eigenvalue weighted by Crippen LogP contribution is -2.54. The molecule has 0 spiro atoms. The van der Waals surface area contributed by atoms with Gasteiger partial charge < -0.3 is 20.2 Å². The Labute approximate surface area is 110 Å². The van der Waals surface area contributed by atoms with Gasteiger partial charge in [-0.15, -0.1) is 0 Å². The van der Waals surface area contributed by atoms with Gasteiger partial charge in [0.2, 0.25) is 5.91 Å². The normalized spacial score (nSPS) is 22.1. The van der Waals surface area contributed by atoms with Crippen molar-refractivity contribution in [3.8, 4) is 0 Å². The fraction of sp³-hybridized carbons (Fsp3) is 0.385. The first-order chi connectivity index (χ1) is 9.15. The molecular formula is C13H15N3O3. The zero-order chi connectivity index (χ0) is 13.4. The van der Waals surface area contributed by atoms with Crippen LogP contribution in [0.1, 0.15) is 6.42 Å². The smallest absolute Gasteiger partial charge is 0.407 e. The highest BCUT2D eigenvalue weighted by Gasteiger charge is 2.34.